The number of carbonyl (C=O) groups is 1. The number of ether oxygens (including phenoxy) is 1. The van der Waals surface area contributed by atoms with Gasteiger partial charge in [-0.2, -0.15) is 4.72 Å². The minimum Gasteiger partial charge on any atom is -0.457 e. The van der Waals surface area contributed by atoms with Gasteiger partial charge in [0.2, 0.25) is 15.9 Å². The maximum absolute atomic E-state index is 12.5. The molecule has 0 saturated carbocycles. The van der Waals surface area contributed by atoms with Crippen molar-refractivity contribution in [1.82, 2.24) is 9.44 Å². The molecule has 10 heteroatoms. The van der Waals surface area contributed by atoms with Crippen molar-refractivity contribution >= 4 is 42.8 Å². The van der Waals surface area contributed by atoms with Gasteiger partial charge in [0.25, 0.3) is 0 Å². The van der Waals surface area contributed by atoms with E-state index in [4.69, 9.17) is 4.74 Å². The van der Waals surface area contributed by atoms with Crippen molar-refractivity contribution in [2.45, 2.75) is 24.3 Å². The van der Waals surface area contributed by atoms with Gasteiger partial charge in [-0.1, -0.05) is 22.9 Å². The third-order valence-electron chi connectivity index (χ3n) is 3.45. The van der Waals surface area contributed by atoms with Crippen LogP contribution in [-0.4, -0.2) is 30.8 Å². The zero-order valence-corrected chi connectivity index (χ0v) is 17.9. The van der Waals surface area contributed by atoms with E-state index in [1.807, 2.05) is 12.1 Å². The van der Waals surface area contributed by atoms with Crippen LogP contribution in [0.4, 0.5) is 0 Å². The minimum atomic E-state index is -3.92. The zero-order valence-electron chi connectivity index (χ0n) is 14.6. The van der Waals surface area contributed by atoms with Gasteiger partial charge in [-0.3, -0.25) is 9.52 Å². The summed E-state index contributed by atoms with van der Waals surface area (Å²) in [5.41, 5.74) is 0. The number of hydrogen-bond acceptors (Lipinski definition) is 5. The van der Waals surface area contributed by atoms with Crippen molar-refractivity contribution in [3.63, 3.8) is 0 Å². The Morgan fingerprint density at radius 2 is 1.63 bits per heavy atom. The van der Waals surface area contributed by atoms with Gasteiger partial charge >= 0.3 is 0 Å². The lowest BCUT2D eigenvalue weighted by Crippen LogP contribution is -2.46. The largest absolute Gasteiger partial charge is 0.457 e. The Kier molecular flexibility index (Phi) is 7.54. The van der Waals surface area contributed by atoms with Gasteiger partial charge in [0.1, 0.15) is 28.5 Å². The molecule has 0 radical (unpaired) electrons. The fraction of sp³-hybridized carbons (Fsp3) is 0.235. The van der Waals surface area contributed by atoms with Crippen LogP contribution in [0.25, 0.3) is 0 Å². The van der Waals surface area contributed by atoms with Crippen LogP contribution < -0.4 is 14.2 Å². The number of benzene rings is 2. The fourth-order valence-electron chi connectivity index (χ4n) is 2.12. The van der Waals surface area contributed by atoms with Crippen LogP contribution in [0.1, 0.15) is 13.3 Å². The smallest absolute Gasteiger partial charge is 0.249 e. The van der Waals surface area contributed by atoms with E-state index in [1.165, 1.54) is 30.5 Å². The number of hydrogen-bond donors (Lipinski definition) is 2. The Labute approximate surface area is 169 Å². The standard InChI is InChI=1S/C17H19BrN2O5S2/c1-3-16(17(21)19-26(2)22)20-27(23,24)15-10-8-14(9-11-15)25-13-6-4-12(18)5-7-13/h4-11,16,20H,3H2,1-2H3,(H,19,21). The summed E-state index contributed by atoms with van der Waals surface area (Å²) in [6.45, 7) is 1.65. The van der Waals surface area contributed by atoms with E-state index >= 15 is 0 Å². The molecule has 0 heterocycles. The highest BCUT2D eigenvalue weighted by molar-refractivity contribution is 9.10. The van der Waals surface area contributed by atoms with Gasteiger partial charge in [-0.25, -0.2) is 12.6 Å². The highest BCUT2D eigenvalue weighted by atomic mass is 79.9. The van der Waals surface area contributed by atoms with E-state index in [2.05, 4.69) is 25.4 Å². The number of halogens is 1. The fourth-order valence-corrected chi connectivity index (χ4v) is 4.08. The SMILES string of the molecule is CCC(NS(=O)(=O)c1ccc(Oc2ccc(Br)cc2)cc1)C(=O)NS(C)=O. The molecule has 2 N–H and O–H groups in total. The summed E-state index contributed by atoms with van der Waals surface area (Å²) < 4.78 is 47.2. The minimum absolute atomic E-state index is 0.00507. The van der Waals surface area contributed by atoms with Crippen molar-refractivity contribution < 1.29 is 22.2 Å². The average molecular weight is 475 g/mol. The summed E-state index contributed by atoms with van der Waals surface area (Å²) in [4.78, 5) is 11.9. The number of nitrogens with one attached hydrogen (secondary N) is 2. The van der Waals surface area contributed by atoms with E-state index in [0.717, 1.165) is 4.47 Å². The monoisotopic (exact) mass is 474 g/mol. The van der Waals surface area contributed by atoms with E-state index in [-0.39, 0.29) is 11.3 Å². The molecular weight excluding hydrogens is 456 g/mol. The van der Waals surface area contributed by atoms with Gasteiger partial charge in [0.05, 0.1) is 4.90 Å². The second kappa shape index (κ2) is 9.45. The van der Waals surface area contributed by atoms with Crippen LogP contribution in [0.2, 0.25) is 0 Å². The molecular formula is C17H19BrN2O5S2. The molecule has 2 aromatic carbocycles. The molecule has 0 spiro atoms. The molecule has 0 fully saturated rings. The van der Waals surface area contributed by atoms with Gasteiger partial charge in [0, 0.05) is 10.7 Å². The summed E-state index contributed by atoms with van der Waals surface area (Å²) in [5.74, 6) is 0.446. The Morgan fingerprint density at radius 1 is 1.11 bits per heavy atom. The van der Waals surface area contributed by atoms with Gasteiger partial charge in [0.15, 0.2) is 0 Å². The summed E-state index contributed by atoms with van der Waals surface area (Å²) in [6.07, 6.45) is 1.51. The predicted octanol–water partition coefficient (Wildman–Crippen LogP) is 2.71. The van der Waals surface area contributed by atoms with E-state index in [1.54, 1.807) is 19.1 Å². The normalized spacial score (nSPS) is 13.6. The number of amides is 1. The maximum atomic E-state index is 12.5. The van der Waals surface area contributed by atoms with Gasteiger partial charge in [-0.15, -0.1) is 0 Å². The van der Waals surface area contributed by atoms with Crippen LogP contribution in [-0.2, 0) is 25.8 Å². The average Bonchev–Trinajstić information content (AvgIpc) is 2.61. The summed E-state index contributed by atoms with van der Waals surface area (Å²) in [7, 11) is -5.49. The molecule has 0 saturated heterocycles. The molecule has 0 aliphatic rings. The highest BCUT2D eigenvalue weighted by Gasteiger charge is 2.24. The third kappa shape index (κ3) is 6.42. The highest BCUT2D eigenvalue weighted by Crippen LogP contribution is 2.24. The first kappa shape index (κ1) is 21.5. The Balaban J connectivity index is 2.10. The van der Waals surface area contributed by atoms with E-state index < -0.39 is 33.0 Å². The van der Waals surface area contributed by atoms with Crippen LogP contribution >= 0.6 is 15.9 Å². The Hall–Kier alpha value is -1.75. The van der Waals surface area contributed by atoms with Crippen molar-refractivity contribution in [3.05, 3.63) is 53.0 Å². The molecule has 2 unspecified atom stereocenters. The van der Waals surface area contributed by atoms with Gasteiger partial charge in [-0.05, 0) is 55.0 Å². The molecule has 0 aliphatic carbocycles. The van der Waals surface area contributed by atoms with Crippen LogP contribution in [0.3, 0.4) is 0 Å². The van der Waals surface area contributed by atoms with Crippen molar-refractivity contribution in [1.29, 1.82) is 0 Å². The first-order chi connectivity index (χ1) is 12.7. The number of carbonyl (C=O) groups excluding carboxylic acids is 1. The molecule has 0 bridgehead atoms. The second-order valence-electron chi connectivity index (χ2n) is 5.53. The van der Waals surface area contributed by atoms with Crippen molar-refractivity contribution in [2.75, 3.05) is 6.26 Å². The second-order valence-corrected chi connectivity index (χ2v) is 9.27. The first-order valence-electron chi connectivity index (χ1n) is 7.91. The first-order valence-corrected chi connectivity index (χ1v) is 11.7. The molecule has 2 atom stereocenters. The van der Waals surface area contributed by atoms with Crippen molar-refractivity contribution in [3.8, 4) is 11.5 Å². The Morgan fingerprint density at radius 3 is 2.11 bits per heavy atom. The number of rotatable bonds is 8. The molecule has 2 aromatic rings. The lowest BCUT2D eigenvalue weighted by Gasteiger charge is -2.16. The summed E-state index contributed by atoms with van der Waals surface area (Å²) in [5, 5.41) is 0. The van der Waals surface area contributed by atoms with E-state index in [0.29, 0.717) is 11.5 Å². The molecule has 146 valence electrons. The molecule has 27 heavy (non-hydrogen) atoms. The van der Waals surface area contributed by atoms with Crippen LogP contribution in [0, 0.1) is 0 Å². The Bertz CT molecular complexity index is 915. The van der Waals surface area contributed by atoms with Crippen LogP contribution in [0.5, 0.6) is 11.5 Å². The summed E-state index contributed by atoms with van der Waals surface area (Å²) in [6, 6.07) is 12.0. The van der Waals surface area contributed by atoms with Crippen molar-refractivity contribution in [2.24, 2.45) is 0 Å². The third-order valence-corrected chi connectivity index (χ3v) is 5.95. The quantitative estimate of drug-likeness (QED) is 0.612. The van der Waals surface area contributed by atoms with Gasteiger partial charge < -0.3 is 4.74 Å². The zero-order chi connectivity index (χ0) is 20.0. The molecule has 0 aliphatic heterocycles. The lowest BCUT2D eigenvalue weighted by molar-refractivity contribution is -0.120. The topological polar surface area (TPSA) is 102 Å². The molecule has 2 rings (SSSR count). The van der Waals surface area contributed by atoms with Crippen LogP contribution in [0.15, 0.2) is 57.9 Å². The van der Waals surface area contributed by atoms with E-state index in [9.17, 15) is 17.4 Å². The number of sulfonamides is 1. The molecule has 1 amide bonds. The predicted molar refractivity (Wildman–Crippen MR) is 107 cm³/mol. The maximum Gasteiger partial charge on any atom is 0.249 e. The molecule has 0 aromatic heterocycles. The summed E-state index contributed by atoms with van der Waals surface area (Å²) >= 11 is 3.34. The molecule has 7 nitrogen and oxygen atoms in total. The lowest BCUT2D eigenvalue weighted by atomic mass is 10.2.